The monoisotopic (exact) mass is 236 g/mol. The zero-order valence-corrected chi connectivity index (χ0v) is 9.93. The Hall–Kier alpha value is -1.91. The second-order valence-corrected chi connectivity index (χ2v) is 4.66. The van der Waals surface area contributed by atoms with Crippen molar-refractivity contribution in [2.45, 2.75) is 25.9 Å². The lowest BCUT2D eigenvalue weighted by molar-refractivity contribution is 0.133. The molecule has 0 saturated heterocycles. The van der Waals surface area contributed by atoms with Crippen LogP contribution in [0.1, 0.15) is 19.4 Å². The van der Waals surface area contributed by atoms with Gasteiger partial charge in [-0.15, -0.1) is 0 Å². The fourth-order valence-electron chi connectivity index (χ4n) is 1.88. The molecule has 5 heteroatoms. The van der Waals surface area contributed by atoms with Gasteiger partial charge in [0.1, 0.15) is 12.2 Å². The van der Waals surface area contributed by atoms with Crippen LogP contribution in [0, 0.1) is 0 Å². The van der Waals surface area contributed by atoms with Crippen molar-refractivity contribution in [3.63, 3.8) is 0 Å². The van der Waals surface area contributed by atoms with E-state index in [-0.39, 0.29) is 18.0 Å². The van der Waals surface area contributed by atoms with Crippen LogP contribution in [0.5, 0.6) is 11.5 Å². The lowest BCUT2D eigenvalue weighted by Gasteiger charge is -2.18. The number of ether oxygens (including phenoxy) is 2. The molecule has 1 aliphatic heterocycles. The molecule has 5 nitrogen and oxygen atoms in total. The van der Waals surface area contributed by atoms with Gasteiger partial charge in [-0.2, -0.15) is 0 Å². The molecule has 3 N–H and O–H groups in total. The summed E-state index contributed by atoms with van der Waals surface area (Å²) in [7, 11) is 0. The molecule has 0 radical (unpaired) electrons. The Morgan fingerprint density at radius 3 is 3.06 bits per heavy atom. The SMILES string of the molecule is CC1(C)Cc2cccc(OCC(N)=NO)c2O1. The number of oxime groups is 1. The Labute approximate surface area is 99.8 Å². The van der Waals surface area contributed by atoms with Gasteiger partial charge in [-0.05, 0) is 19.9 Å². The highest BCUT2D eigenvalue weighted by Crippen LogP contribution is 2.41. The van der Waals surface area contributed by atoms with Gasteiger partial charge in [0.15, 0.2) is 17.3 Å². The summed E-state index contributed by atoms with van der Waals surface area (Å²) in [5, 5.41) is 11.3. The first-order valence-corrected chi connectivity index (χ1v) is 5.42. The molecule has 0 aliphatic carbocycles. The maximum atomic E-state index is 8.44. The molecule has 1 heterocycles. The van der Waals surface area contributed by atoms with E-state index < -0.39 is 0 Å². The molecule has 92 valence electrons. The summed E-state index contributed by atoms with van der Waals surface area (Å²) in [6.07, 6.45) is 0.850. The number of amidine groups is 1. The van der Waals surface area contributed by atoms with Crippen LogP contribution in [0.15, 0.2) is 23.4 Å². The molecule has 17 heavy (non-hydrogen) atoms. The normalized spacial score (nSPS) is 17.4. The highest BCUT2D eigenvalue weighted by atomic mass is 16.5. The average Bonchev–Trinajstić information content (AvgIpc) is 2.60. The van der Waals surface area contributed by atoms with Crippen LogP contribution >= 0.6 is 0 Å². The second kappa shape index (κ2) is 4.16. The molecule has 0 bridgehead atoms. The Balaban J connectivity index is 2.18. The lowest BCUT2D eigenvalue weighted by Crippen LogP contribution is -2.25. The van der Waals surface area contributed by atoms with Gasteiger partial charge in [-0.25, -0.2) is 0 Å². The van der Waals surface area contributed by atoms with Gasteiger partial charge in [-0.1, -0.05) is 17.3 Å². The third kappa shape index (κ3) is 2.43. The van der Waals surface area contributed by atoms with Gasteiger partial charge in [-0.3, -0.25) is 0 Å². The predicted octanol–water partition coefficient (Wildman–Crippen LogP) is 1.53. The Morgan fingerprint density at radius 1 is 1.59 bits per heavy atom. The molecule has 0 fully saturated rings. The molecule has 0 atom stereocenters. The molecule has 1 aliphatic rings. The minimum Gasteiger partial charge on any atom is -0.483 e. The second-order valence-electron chi connectivity index (χ2n) is 4.66. The standard InChI is InChI=1S/C12H16N2O3/c1-12(2)6-8-4-3-5-9(11(8)17-12)16-7-10(13)14-15/h3-5,15H,6-7H2,1-2H3,(H2,13,14). The van der Waals surface area contributed by atoms with Crippen molar-refractivity contribution in [3.8, 4) is 11.5 Å². The fraction of sp³-hybridized carbons (Fsp3) is 0.417. The van der Waals surface area contributed by atoms with E-state index in [9.17, 15) is 0 Å². The van der Waals surface area contributed by atoms with Gasteiger partial charge in [0.05, 0.1) is 0 Å². The number of para-hydroxylation sites is 1. The van der Waals surface area contributed by atoms with E-state index in [1.54, 1.807) is 0 Å². The van der Waals surface area contributed by atoms with E-state index in [4.69, 9.17) is 20.4 Å². The predicted molar refractivity (Wildman–Crippen MR) is 63.8 cm³/mol. The van der Waals surface area contributed by atoms with E-state index in [0.717, 1.165) is 17.7 Å². The summed E-state index contributed by atoms with van der Waals surface area (Å²) in [5.74, 6) is 1.41. The number of hydrogen-bond acceptors (Lipinski definition) is 4. The smallest absolute Gasteiger partial charge is 0.177 e. The average molecular weight is 236 g/mol. The quantitative estimate of drug-likeness (QED) is 0.361. The van der Waals surface area contributed by atoms with Gasteiger partial charge < -0.3 is 20.4 Å². The Bertz CT molecular complexity index is 455. The van der Waals surface area contributed by atoms with Crippen LogP contribution in [0.4, 0.5) is 0 Å². The maximum Gasteiger partial charge on any atom is 0.177 e. The number of nitrogens with two attached hydrogens (primary N) is 1. The number of benzene rings is 1. The van der Waals surface area contributed by atoms with Crippen LogP contribution < -0.4 is 15.2 Å². The number of fused-ring (bicyclic) bond motifs is 1. The minimum atomic E-state index is -0.210. The van der Waals surface area contributed by atoms with Crippen molar-refractivity contribution in [2.75, 3.05) is 6.61 Å². The molecule has 1 aromatic carbocycles. The largest absolute Gasteiger partial charge is 0.483 e. The summed E-state index contributed by atoms with van der Waals surface area (Å²) in [5.41, 5.74) is 6.26. The van der Waals surface area contributed by atoms with Crippen LogP contribution in [0.3, 0.4) is 0 Å². The van der Waals surface area contributed by atoms with E-state index in [0.29, 0.717) is 5.75 Å². The number of rotatable bonds is 3. The number of nitrogens with zero attached hydrogens (tertiary/aromatic N) is 1. The third-order valence-electron chi connectivity index (χ3n) is 2.56. The molecule has 1 aromatic rings. The highest BCUT2D eigenvalue weighted by Gasteiger charge is 2.32. The maximum absolute atomic E-state index is 8.44. The molecule has 2 rings (SSSR count). The first-order valence-electron chi connectivity index (χ1n) is 5.42. The topological polar surface area (TPSA) is 77.1 Å². The molecular weight excluding hydrogens is 220 g/mol. The van der Waals surface area contributed by atoms with Crippen LogP contribution in [-0.4, -0.2) is 23.3 Å². The summed E-state index contributed by atoms with van der Waals surface area (Å²) >= 11 is 0. The third-order valence-corrected chi connectivity index (χ3v) is 2.56. The van der Waals surface area contributed by atoms with Crippen LogP contribution in [-0.2, 0) is 6.42 Å². The van der Waals surface area contributed by atoms with Crippen molar-refractivity contribution >= 4 is 5.84 Å². The van der Waals surface area contributed by atoms with E-state index >= 15 is 0 Å². The van der Waals surface area contributed by atoms with E-state index in [2.05, 4.69) is 5.16 Å². The zero-order valence-electron chi connectivity index (χ0n) is 9.93. The molecular formula is C12H16N2O3. The first kappa shape index (κ1) is 11.6. The molecule has 0 saturated carbocycles. The van der Waals surface area contributed by atoms with Crippen molar-refractivity contribution in [3.05, 3.63) is 23.8 Å². The summed E-state index contributed by atoms with van der Waals surface area (Å²) < 4.78 is 11.3. The van der Waals surface area contributed by atoms with Gasteiger partial charge in [0.2, 0.25) is 0 Å². The van der Waals surface area contributed by atoms with Crippen molar-refractivity contribution in [1.29, 1.82) is 0 Å². The van der Waals surface area contributed by atoms with Gasteiger partial charge >= 0.3 is 0 Å². The molecule has 0 spiro atoms. The van der Waals surface area contributed by atoms with Crippen molar-refractivity contribution < 1.29 is 14.7 Å². The van der Waals surface area contributed by atoms with Crippen LogP contribution in [0.25, 0.3) is 0 Å². The highest BCUT2D eigenvalue weighted by molar-refractivity contribution is 5.81. The summed E-state index contributed by atoms with van der Waals surface area (Å²) in [6.45, 7) is 4.09. The molecule has 0 amide bonds. The van der Waals surface area contributed by atoms with Gasteiger partial charge in [0, 0.05) is 12.0 Å². The molecule has 0 unspecified atom stereocenters. The van der Waals surface area contributed by atoms with Crippen molar-refractivity contribution in [2.24, 2.45) is 10.9 Å². The number of hydrogen-bond donors (Lipinski definition) is 2. The van der Waals surface area contributed by atoms with Crippen molar-refractivity contribution in [1.82, 2.24) is 0 Å². The van der Waals surface area contributed by atoms with Crippen LogP contribution in [0.2, 0.25) is 0 Å². The Kier molecular flexibility index (Phi) is 2.83. The summed E-state index contributed by atoms with van der Waals surface area (Å²) in [4.78, 5) is 0. The van der Waals surface area contributed by atoms with Gasteiger partial charge in [0.25, 0.3) is 0 Å². The lowest BCUT2D eigenvalue weighted by atomic mass is 10.0. The Morgan fingerprint density at radius 2 is 2.35 bits per heavy atom. The zero-order chi connectivity index (χ0) is 12.5. The van der Waals surface area contributed by atoms with E-state index in [1.165, 1.54) is 0 Å². The fourth-order valence-corrected chi connectivity index (χ4v) is 1.88. The minimum absolute atomic E-state index is 0.0276. The summed E-state index contributed by atoms with van der Waals surface area (Å²) in [6, 6.07) is 5.73. The molecule has 0 aromatic heterocycles. The van der Waals surface area contributed by atoms with E-state index in [1.807, 2.05) is 32.0 Å². The first-order chi connectivity index (χ1) is 8.02.